The second-order valence-electron chi connectivity index (χ2n) is 5.86. The number of halogens is 3. The van der Waals surface area contributed by atoms with Crippen LogP contribution in [0.4, 0.5) is 18.3 Å². The Bertz CT molecular complexity index is 977. The van der Waals surface area contributed by atoms with E-state index in [-0.39, 0.29) is 17.3 Å². The molecule has 1 aromatic carbocycles. The summed E-state index contributed by atoms with van der Waals surface area (Å²) in [6.45, 7) is 0.736. The number of anilines is 1. The molecule has 0 amide bonds. The topological polar surface area (TPSA) is 73.1 Å². The fourth-order valence-electron chi connectivity index (χ4n) is 2.62. The predicted octanol–water partition coefficient (Wildman–Crippen LogP) is 2.49. The number of benzene rings is 1. The lowest BCUT2D eigenvalue weighted by Gasteiger charge is -2.37. The smallest absolute Gasteiger partial charge is 0.418 e. The second-order valence-corrected chi connectivity index (χ2v) is 6.87. The largest absolute Gasteiger partial charge is 0.454 e. The summed E-state index contributed by atoms with van der Waals surface area (Å²) in [6, 6.07) is 4.00. The number of carbonyl (C=O) groups is 1. The van der Waals surface area contributed by atoms with Crippen LogP contribution in [0, 0.1) is 0 Å². The maximum atomic E-state index is 13.1. The Morgan fingerprint density at radius 1 is 1.35 bits per heavy atom. The van der Waals surface area contributed by atoms with Gasteiger partial charge in [0.2, 0.25) is 0 Å². The van der Waals surface area contributed by atoms with Gasteiger partial charge in [-0.3, -0.25) is 4.68 Å². The Kier molecular flexibility index (Phi) is 3.83. The second kappa shape index (κ2) is 5.94. The van der Waals surface area contributed by atoms with E-state index in [2.05, 4.69) is 15.3 Å². The molecule has 0 aliphatic carbocycles. The van der Waals surface area contributed by atoms with Gasteiger partial charge in [0.05, 0.1) is 35.1 Å². The maximum absolute atomic E-state index is 13.1. The fraction of sp³-hybridized carbons (Fsp3) is 0.333. The Morgan fingerprint density at radius 2 is 2.12 bits per heavy atom. The summed E-state index contributed by atoms with van der Waals surface area (Å²) in [5.41, 5.74) is -0.690. The molecule has 0 radical (unpaired) electrons. The van der Waals surface area contributed by atoms with E-state index in [0.717, 1.165) is 6.07 Å². The first-order valence-electron chi connectivity index (χ1n) is 7.60. The molecule has 1 fully saturated rings. The van der Waals surface area contributed by atoms with Crippen LogP contribution in [0.15, 0.2) is 24.4 Å². The number of rotatable bonds is 3. The van der Waals surface area contributed by atoms with Crippen LogP contribution in [0.25, 0.3) is 10.2 Å². The first-order valence-corrected chi connectivity index (χ1v) is 8.42. The third-order valence-electron chi connectivity index (χ3n) is 3.92. The van der Waals surface area contributed by atoms with Crippen LogP contribution in [-0.2, 0) is 18.0 Å². The molecule has 3 aromatic rings. The van der Waals surface area contributed by atoms with E-state index < -0.39 is 17.7 Å². The van der Waals surface area contributed by atoms with E-state index >= 15 is 0 Å². The van der Waals surface area contributed by atoms with Crippen LogP contribution in [0.2, 0.25) is 0 Å². The number of hydrogen-bond donors (Lipinski definition) is 0. The number of aryl methyl sites for hydroxylation is 1. The summed E-state index contributed by atoms with van der Waals surface area (Å²) < 4.78 is 46.4. The number of carbonyl (C=O) groups excluding carboxylic acids is 1. The summed E-state index contributed by atoms with van der Waals surface area (Å²) in [6.07, 6.45) is -3.36. The molecule has 0 unspecified atom stereocenters. The van der Waals surface area contributed by atoms with E-state index in [1.165, 1.54) is 28.3 Å². The number of hydrogen-bond acceptors (Lipinski definition) is 7. The zero-order valence-electron chi connectivity index (χ0n) is 13.4. The highest BCUT2D eigenvalue weighted by molar-refractivity contribution is 7.22. The van der Waals surface area contributed by atoms with Gasteiger partial charge in [0, 0.05) is 7.05 Å². The van der Waals surface area contributed by atoms with Gasteiger partial charge in [-0.05, 0) is 12.1 Å². The minimum absolute atomic E-state index is 0.0556. The molecule has 1 aliphatic heterocycles. The fourth-order valence-corrected chi connectivity index (χ4v) is 3.63. The number of aromatic nitrogens is 4. The number of esters is 1. The summed E-state index contributed by atoms with van der Waals surface area (Å²) >= 11 is 1.18. The van der Waals surface area contributed by atoms with Gasteiger partial charge in [0.25, 0.3) is 0 Å². The van der Waals surface area contributed by atoms with Crippen molar-refractivity contribution in [1.82, 2.24) is 20.0 Å². The Morgan fingerprint density at radius 3 is 2.77 bits per heavy atom. The van der Waals surface area contributed by atoms with Crippen LogP contribution in [-0.4, -0.2) is 45.1 Å². The van der Waals surface area contributed by atoms with Gasteiger partial charge in [-0.15, -0.1) is 5.10 Å². The molecule has 3 heterocycles. The van der Waals surface area contributed by atoms with Gasteiger partial charge in [0.15, 0.2) is 10.8 Å². The summed E-state index contributed by atoms with van der Waals surface area (Å²) in [5, 5.41) is 7.81. The van der Waals surface area contributed by atoms with Crippen LogP contribution in [0.3, 0.4) is 0 Å². The highest BCUT2D eigenvalue weighted by Crippen LogP contribution is 2.39. The molecule has 7 nitrogen and oxygen atoms in total. The SMILES string of the molecule is Cn1cc(C(=O)OC2CN(c3nc4c(C(F)(F)F)cccc4s3)C2)nn1. The summed E-state index contributed by atoms with van der Waals surface area (Å²) in [4.78, 5) is 17.8. The highest BCUT2D eigenvalue weighted by atomic mass is 32.1. The predicted molar refractivity (Wildman–Crippen MR) is 87.0 cm³/mol. The number of nitrogens with zero attached hydrogens (tertiary/aromatic N) is 5. The molecule has 0 atom stereocenters. The van der Waals surface area contributed by atoms with Crippen molar-refractivity contribution in [2.75, 3.05) is 18.0 Å². The first-order chi connectivity index (χ1) is 12.3. The molecule has 1 aliphatic rings. The molecule has 11 heteroatoms. The molecule has 0 N–H and O–H groups in total. The number of ether oxygens (including phenoxy) is 1. The summed E-state index contributed by atoms with van der Waals surface area (Å²) in [5.74, 6) is -0.577. The molecule has 0 spiro atoms. The van der Waals surface area contributed by atoms with Gasteiger partial charge < -0.3 is 9.64 Å². The monoisotopic (exact) mass is 383 g/mol. The van der Waals surface area contributed by atoms with Crippen LogP contribution < -0.4 is 4.90 Å². The van der Waals surface area contributed by atoms with Crippen molar-refractivity contribution >= 4 is 32.7 Å². The molecular weight excluding hydrogens is 371 g/mol. The highest BCUT2D eigenvalue weighted by Gasteiger charge is 2.36. The molecule has 136 valence electrons. The van der Waals surface area contributed by atoms with Gasteiger partial charge in [-0.2, -0.15) is 13.2 Å². The van der Waals surface area contributed by atoms with Gasteiger partial charge in [-0.1, -0.05) is 22.6 Å². The Balaban J connectivity index is 1.45. The first kappa shape index (κ1) is 16.8. The molecule has 0 saturated carbocycles. The minimum Gasteiger partial charge on any atom is -0.454 e. The van der Waals surface area contributed by atoms with E-state index in [1.54, 1.807) is 18.0 Å². The molecule has 4 rings (SSSR count). The molecule has 1 saturated heterocycles. The quantitative estimate of drug-likeness (QED) is 0.647. The molecule has 26 heavy (non-hydrogen) atoms. The lowest BCUT2D eigenvalue weighted by atomic mass is 10.2. The van der Waals surface area contributed by atoms with Crippen LogP contribution in [0.1, 0.15) is 16.1 Å². The van der Waals surface area contributed by atoms with Crippen molar-refractivity contribution in [3.8, 4) is 0 Å². The van der Waals surface area contributed by atoms with Gasteiger partial charge in [-0.25, -0.2) is 9.78 Å². The Labute approximate surface area is 149 Å². The summed E-state index contributed by atoms with van der Waals surface area (Å²) in [7, 11) is 1.64. The average molecular weight is 383 g/mol. The van der Waals surface area contributed by atoms with Gasteiger partial charge >= 0.3 is 12.1 Å². The molecule has 2 aromatic heterocycles. The van der Waals surface area contributed by atoms with E-state index in [1.807, 2.05) is 0 Å². The standard InChI is InChI=1S/C15H12F3N5O2S/c1-22-7-10(20-21-22)13(24)25-8-5-23(6-8)14-19-12-9(15(16,17)18)3-2-4-11(12)26-14/h2-4,7-8H,5-6H2,1H3. The van der Waals surface area contributed by atoms with Crippen molar-refractivity contribution in [2.45, 2.75) is 12.3 Å². The maximum Gasteiger partial charge on any atom is 0.418 e. The van der Waals surface area contributed by atoms with E-state index in [4.69, 9.17) is 4.74 Å². The van der Waals surface area contributed by atoms with Gasteiger partial charge in [0.1, 0.15) is 6.10 Å². The minimum atomic E-state index is -4.45. The Hall–Kier alpha value is -2.69. The average Bonchev–Trinajstić information content (AvgIpc) is 3.14. The van der Waals surface area contributed by atoms with Crippen molar-refractivity contribution in [1.29, 1.82) is 0 Å². The normalized spacial score (nSPS) is 15.3. The number of para-hydroxylation sites is 1. The van der Waals surface area contributed by atoms with Crippen molar-refractivity contribution < 1.29 is 22.7 Å². The number of alkyl halides is 3. The zero-order chi connectivity index (χ0) is 18.5. The molecular formula is C15H12F3N5O2S. The molecule has 0 bridgehead atoms. The van der Waals surface area contributed by atoms with E-state index in [9.17, 15) is 18.0 Å². The lowest BCUT2D eigenvalue weighted by Crippen LogP contribution is -2.53. The van der Waals surface area contributed by atoms with Crippen LogP contribution in [0.5, 0.6) is 0 Å². The number of thiazole rings is 1. The van der Waals surface area contributed by atoms with Crippen molar-refractivity contribution in [2.24, 2.45) is 7.05 Å². The third-order valence-corrected chi connectivity index (χ3v) is 5.00. The van der Waals surface area contributed by atoms with E-state index in [0.29, 0.717) is 22.9 Å². The number of fused-ring (bicyclic) bond motifs is 1. The zero-order valence-corrected chi connectivity index (χ0v) is 14.2. The third kappa shape index (κ3) is 2.98. The van der Waals surface area contributed by atoms with Crippen LogP contribution >= 0.6 is 11.3 Å². The van der Waals surface area contributed by atoms with Crippen molar-refractivity contribution in [3.63, 3.8) is 0 Å². The lowest BCUT2D eigenvalue weighted by molar-refractivity contribution is -0.136. The van der Waals surface area contributed by atoms with Crippen molar-refractivity contribution in [3.05, 3.63) is 35.7 Å².